The molecule has 1 aliphatic rings. The maximum Gasteiger partial charge on any atom is 0.356 e. The number of likely N-dealkylation sites (N-methyl/N-ethyl adjacent to an activating group) is 1. The third-order valence-corrected chi connectivity index (χ3v) is 3.21. The predicted molar refractivity (Wildman–Crippen MR) is 59.5 cm³/mol. The van der Waals surface area contributed by atoms with Crippen LogP contribution in [0.2, 0.25) is 0 Å². The highest BCUT2D eigenvalue weighted by Gasteiger charge is 2.23. The maximum absolute atomic E-state index is 10.7. The van der Waals surface area contributed by atoms with Crippen molar-refractivity contribution in [3.8, 4) is 0 Å². The molecule has 2 heterocycles. The van der Waals surface area contributed by atoms with Crippen molar-refractivity contribution in [1.82, 2.24) is 15.1 Å². The van der Waals surface area contributed by atoms with Gasteiger partial charge >= 0.3 is 5.97 Å². The highest BCUT2D eigenvalue weighted by molar-refractivity contribution is 5.85. The lowest BCUT2D eigenvalue weighted by Crippen LogP contribution is -2.30. The SMILES string of the molecule is CCN1CCCC1Cc1cc(C(=O)O)n[nH]1. The van der Waals surface area contributed by atoms with Crippen molar-refractivity contribution in [2.45, 2.75) is 32.2 Å². The molecule has 2 N–H and O–H groups in total. The minimum absolute atomic E-state index is 0.107. The molecule has 0 bridgehead atoms. The van der Waals surface area contributed by atoms with Crippen molar-refractivity contribution < 1.29 is 9.90 Å². The Balaban J connectivity index is 2.00. The molecule has 16 heavy (non-hydrogen) atoms. The molecule has 1 aromatic rings. The van der Waals surface area contributed by atoms with Crippen LogP contribution in [-0.2, 0) is 6.42 Å². The van der Waals surface area contributed by atoms with Gasteiger partial charge in [0.2, 0.25) is 0 Å². The van der Waals surface area contributed by atoms with Crippen LogP contribution in [0.4, 0.5) is 0 Å². The van der Waals surface area contributed by atoms with Crippen molar-refractivity contribution >= 4 is 5.97 Å². The van der Waals surface area contributed by atoms with E-state index in [1.54, 1.807) is 6.07 Å². The van der Waals surface area contributed by atoms with Gasteiger partial charge in [0.1, 0.15) is 0 Å². The normalized spacial score (nSPS) is 21.4. The number of nitrogens with zero attached hydrogens (tertiary/aromatic N) is 2. The van der Waals surface area contributed by atoms with E-state index in [0.29, 0.717) is 6.04 Å². The number of aromatic amines is 1. The molecular formula is C11H17N3O2. The van der Waals surface area contributed by atoms with Gasteiger partial charge in [0.25, 0.3) is 0 Å². The summed E-state index contributed by atoms with van der Waals surface area (Å²) in [4.78, 5) is 13.1. The Kier molecular flexibility index (Phi) is 3.24. The second kappa shape index (κ2) is 4.65. The molecule has 1 saturated heterocycles. The van der Waals surface area contributed by atoms with E-state index in [1.165, 1.54) is 12.8 Å². The van der Waals surface area contributed by atoms with Crippen LogP contribution >= 0.6 is 0 Å². The fraction of sp³-hybridized carbons (Fsp3) is 0.636. The molecule has 0 saturated carbocycles. The molecule has 1 unspecified atom stereocenters. The zero-order chi connectivity index (χ0) is 11.5. The number of likely N-dealkylation sites (tertiary alicyclic amines) is 1. The van der Waals surface area contributed by atoms with E-state index in [0.717, 1.165) is 25.2 Å². The van der Waals surface area contributed by atoms with Gasteiger partial charge in [-0.15, -0.1) is 0 Å². The molecule has 2 rings (SSSR count). The summed E-state index contributed by atoms with van der Waals surface area (Å²) >= 11 is 0. The predicted octanol–water partition coefficient (Wildman–Crippen LogP) is 1.13. The average Bonchev–Trinajstić information content (AvgIpc) is 2.87. The lowest BCUT2D eigenvalue weighted by atomic mass is 10.1. The summed E-state index contributed by atoms with van der Waals surface area (Å²) in [5.74, 6) is -0.971. The first-order valence-corrected chi connectivity index (χ1v) is 5.72. The summed E-state index contributed by atoms with van der Waals surface area (Å²) < 4.78 is 0. The van der Waals surface area contributed by atoms with Crippen LogP contribution in [0.5, 0.6) is 0 Å². The molecule has 88 valence electrons. The average molecular weight is 223 g/mol. The van der Waals surface area contributed by atoms with Crippen molar-refractivity contribution in [2.75, 3.05) is 13.1 Å². The highest BCUT2D eigenvalue weighted by Crippen LogP contribution is 2.20. The summed E-state index contributed by atoms with van der Waals surface area (Å²) in [6.07, 6.45) is 3.29. The highest BCUT2D eigenvalue weighted by atomic mass is 16.4. The van der Waals surface area contributed by atoms with Crippen LogP contribution in [0.3, 0.4) is 0 Å². The second-order valence-corrected chi connectivity index (χ2v) is 4.21. The molecule has 0 spiro atoms. The Bertz CT molecular complexity index is 375. The molecule has 0 amide bonds. The molecule has 0 aliphatic carbocycles. The number of hydrogen-bond donors (Lipinski definition) is 2. The Morgan fingerprint density at radius 3 is 3.19 bits per heavy atom. The number of hydrogen-bond acceptors (Lipinski definition) is 3. The van der Waals surface area contributed by atoms with E-state index in [4.69, 9.17) is 5.11 Å². The fourth-order valence-corrected chi connectivity index (χ4v) is 2.37. The van der Waals surface area contributed by atoms with Crippen molar-refractivity contribution in [2.24, 2.45) is 0 Å². The molecule has 1 fully saturated rings. The zero-order valence-electron chi connectivity index (χ0n) is 9.44. The van der Waals surface area contributed by atoms with E-state index >= 15 is 0 Å². The molecule has 0 radical (unpaired) electrons. The smallest absolute Gasteiger partial charge is 0.356 e. The summed E-state index contributed by atoms with van der Waals surface area (Å²) in [5.41, 5.74) is 1.03. The van der Waals surface area contributed by atoms with E-state index in [2.05, 4.69) is 22.0 Å². The molecule has 1 atom stereocenters. The van der Waals surface area contributed by atoms with Crippen LogP contribution < -0.4 is 0 Å². The van der Waals surface area contributed by atoms with Gasteiger partial charge < -0.3 is 10.0 Å². The number of carbonyl (C=O) groups is 1. The molecule has 1 aliphatic heterocycles. The van der Waals surface area contributed by atoms with E-state index in [-0.39, 0.29) is 5.69 Å². The van der Waals surface area contributed by atoms with Crippen LogP contribution in [-0.4, -0.2) is 45.3 Å². The number of carboxylic acids is 1. The van der Waals surface area contributed by atoms with Gasteiger partial charge in [-0.1, -0.05) is 6.92 Å². The first-order chi connectivity index (χ1) is 7.70. The van der Waals surface area contributed by atoms with Gasteiger partial charge in [-0.2, -0.15) is 5.10 Å². The van der Waals surface area contributed by atoms with E-state index in [1.807, 2.05) is 0 Å². The lowest BCUT2D eigenvalue weighted by molar-refractivity contribution is 0.0690. The van der Waals surface area contributed by atoms with Crippen LogP contribution in [0.15, 0.2) is 6.07 Å². The van der Waals surface area contributed by atoms with Gasteiger partial charge in [0.05, 0.1) is 0 Å². The lowest BCUT2D eigenvalue weighted by Gasteiger charge is -2.21. The number of rotatable bonds is 4. The number of aromatic carboxylic acids is 1. The Morgan fingerprint density at radius 2 is 2.56 bits per heavy atom. The Morgan fingerprint density at radius 1 is 1.75 bits per heavy atom. The molecular weight excluding hydrogens is 206 g/mol. The van der Waals surface area contributed by atoms with E-state index < -0.39 is 5.97 Å². The fourth-order valence-electron chi connectivity index (χ4n) is 2.37. The molecule has 5 heteroatoms. The first-order valence-electron chi connectivity index (χ1n) is 5.72. The topological polar surface area (TPSA) is 69.2 Å². The second-order valence-electron chi connectivity index (χ2n) is 4.21. The maximum atomic E-state index is 10.7. The quantitative estimate of drug-likeness (QED) is 0.803. The third kappa shape index (κ3) is 2.24. The van der Waals surface area contributed by atoms with Crippen molar-refractivity contribution in [3.63, 3.8) is 0 Å². The Hall–Kier alpha value is -1.36. The van der Waals surface area contributed by atoms with Gasteiger partial charge in [0, 0.05) is 18.2 Å². The summed E-state index contributed by atoms with van der Waals surface area (Å²) in [6, 6.07) is 2.17. The molecule has 5 nitrogen and oxygen atoms in total. The third-order valence-electron chi connectivity index (χ3n) is 3.21. The number of carboxylic acid groups (broad SMARTS) is 1. The number of aromatic nitrogens is 2. The summed E-state index contributed by atoms with van der Waals surface area (Å²) in [6.45, 7) is 4.37. The molecule has 1 aromatic heterocycles. The minimum Gasteiger partial charge on any atom is -0.476 e. The van der Waals surface area contributed by atoms with Crippen LogP contribution in [0.25, 0.3) is 0 Å². The van der Waals surface area contributed by atoms with Gasteiger partial charge in [-0.05, 0) is 32.0 Å². The monoisotopic (exact) mass is 223 g/mol. The standard InChI is InChI=1S/C11H17N3O2/c1-2-14-5-3-4-9(14)6-8-7-10(11(15)16)13-12-8/h7,9H,2-6H2,1H3,(H,12,13)(H,15,16). The van der Waals surface area contributed by atoms with Gasteiger partial charge in [0.15, 0.2) is 5.69 Å². The zero-order valence-corrected chi connectivity index (χ0v) is 9.44. The summed E-state index contributed by atoms with van der Waals surface area (Å²) in [7, 11) is 0. The van der Waals surface area contributed by atoms with Crippen LogP contribution in [0, 0.1) is 0 Å². The number of H-pyrrole nitrogens is 1. The van der Waals surface area contributed by atoms with Crippen molar-refractivity contribution in [3.05, 3.63) is 17.5 Å². The Labute approximate surface area is 94.5 Å². The van der Waals surface area contributed by atoms with E-state index in [9.17, 15) is 4.79 Å². The molecule has 0 aromatic carbocycles. The van der Waals surface area contributed by atoms with Gasteiger partial charge in [-0.25, -0.2) is 4.79 Å². The van der Waals surface area contributed by atoms with Crippen molar-refractivity contribution in [1.29, 1.82) is 0 Å². The van der Waals surface area contributed by atoms with Crippen LogP contribution in [0.1, 0.15) is 35.9 Å². The number of nitrogens with one attached hydrogen (secondary N) is 1. The van der Waals surface area contributed by atoms with Gasteiger partial charge in [-0.3, -0.25) is 5.10 Å². The largest absolute Gasteiger partial charge is 0.476 e. The minimum atomic E-state index is -0.971. The summed E-state index contributed by atoms with van der Waals surface area (Å²) in [5, 5.41) is 15.3. The first kappa shape index (κ1) is 11.1.